The van der Waals surface area contributed by atoms with Gasteiger partial charge in [-0.3, -0.25) is 0 Å². The predicted molar refractivity (Wildman–Crippen MR) is 147 cm³/mol. The lowest BCUT2D eigenvalue weighted by molar-refractivity contribution is -0.141. The normalized spacial score (nSPS) is 15.8. The molecule has 208 valence electrons. The third-order valence-electron chi connectivity index (χ3n) is 6.11. The van der Waals surface area contributed by atoms with Crippen LogP contribution in [0.2, 0.25) is 0 Å². The maximum Gasteiger partial charge on any atom is 0.236 e. The first-order chi connectivity index (χ1) is 19.7. The molecule has 0 aliphatic carbocycles. The Bertz CT molecular complexity index is 1680. The number of anilines is 1. The Balaban J connectivity index is 1.35. The monoisotopic (exact) mass is 575 g/mol. The second-order valence-electron chi connectivity index (χ2n) is 9.47. The molecule has 9 nitrogen and oxygen atoms in total. The van der Waals surface area contributed by atoms with Gasteiger partial charge < -0.3 is 24.4 Å². The fourth-order valence-electron chi connectivity index (χ4n) is 4.20. The molecule has 2 N–H and O–H groups in total. The van der Waals surface area contributed by atoms with Crippen LogP contribution in [0.3, 0.4) is 0 Å². The van der Waals surface area contributed by atoms with Gasteiger partial charge in [-0.2, -0.15) is 5.26 Å². The highest BCUT2D eigenvalue weighted by Gasteiger charge is 2.33. The van der Waals surface area contributed by atoms with E-state index in [9.17, 15) is 14.0 Å². The third-order valence-corrected chi connectivity index (χ3v) is 7.12. The minimum atomic E-state index is -1.01. The van der Waals surface area contributed by atoms with Gasteiger partial charge in [-0.25, -0.2) is 23.6 Å². The van der Waals surface area contributed by atoms with Crippen molar-refractivity contribution < 1.29 is 27.4 Å². The van der Waals surface area contributed by atoms with Crippen molar-refractivity contribution in [2.75, 3.05) is 18.9 Å². The van der Waals surface area contributed by atoms with E-state index in [1.807, 2.05) is 13.8 Å². The lowest BCUT2D eigenvalue weighted by Gasteiger charge is -2.17. The van der Waals surface area contributed by atoms with Crippen LogP contribution in [0.4, 0.5) is 20.3 Å². The first-order valence-electron chi connectivity index (χ1n) is 12.4. The fourth-order valence-corrected chi connectivity index (χ4v) is 5.08. The maximum absolute atomic E-state index is 13.6. The number of nitrogens with two attached hydrogens (primary N) is 1. The zero-order chi connectivity index (χ0) is 29.1. The van der Waals surface area contributed by atoms with Gasteiger partial charge in [-0.1, -0.05) is 23.9 Å². The Morgan fingerprint density at radius 1 is 1.17 bits per heavy atom. The standard InChI is InChI=1S/C29H23F2N5O4S/c1-29(2)39-14-20(40-29)13-37-19-7-4-16(5-8-19)24-21(11-32)28(36-26(33)25(24)34-3)41-15-18-12-38-27(35-18)17-6-9-22(30)23(31)10-17/h4-10,12,20H,13-15H2,1-2H3,(H2,33,36)/t20-/m1/s1. The molecule has 0 radical (unpaired) electrons. The second kappa shape index (κ2) is 11.6. The van der Waals surface area contributed by atoms with Crippen LogP contribution in [-0.2, 0) is 15.2 Å². The summed E-state index contributed by atoms with van der Waals surface area (Å²) in [7, 11) is 0. The molecule has 0 saturated carbocycles. The van der Waals surface area contributed by atoms with Gasteiger partial charge in [-0.15, -0.1) is 0 Å². The molecule has 1 atom stereocenters. The average Bonchev–Trinajstić information content (AvgIpc) is 3.58. The van der Waals surface area contributed by atoms with Crippen molar-refractivity contribution in [2.24, 2.45) is 0 Å². The van der Waals surface area contributed by atoms with Crippen LogP contribution in [0, 0.1) is 29.5 Å². The Hall–Kier alpha value is -4.49. The topological polar surface area (TPSA) is 121 Å². The summed E-state index contributed by atoms with van der Waals surface area (Å²) in [6, 6.07) is 12.5. The van der Waals surface area contributed by atoms with Crippen molar-refractivity contribution in [2.45, 2.75) is 36.5 Å². The Labute approximate surface area is 238 Å². The summed E-state index contributed by atoms with van der Waals surface area (Å²) in [4.78, 5) is 12.2. The lowest BCUT2D eigenvalue weighted by atomic mass is 10.00. The molecule has 0 unspecified atom stereocenters. The number of oxazole rings is 1. The number of nitrogens with zero attached hydrogens (tertiary/aromatic N) is 4. The number of halogens is 2. The molecule has 3 heterocycles. The molecule has 1 aliphatic rings. The minimum Gasteiger partial charge on any atom is -0.491 e. The number of hydrogen-bond donors (Lipinski definition) is 1. The van der Waals surface area contributed by atoms with Crippen LogP contribution < -0.4 is 10.5 Å². The first-order valence-corrected chi connectivity index (χ1v) is 13.3. The zero-order valence-corrected chi connectivity index (χ0v) is 22.8. The summed E-state index contributed by atoms with van der Waals surface area (Å²) in [6.07, 6.45) is 1.19. The van der Waals surface area contributed by atoms with E-state index in [-0.39, 0.29) is 40.4 Å². The Morgan fingerprint density at radius 2 is 1.93 bits per heavy atom. The number of thioether (sulfide) groups is 1. The summed E-state index contributed by atoms with van der Waals surface area (Å²) in [6.45, 7) is 12.1. The van der Waals surface area contributed by atoms with Crippen LogP contribution in [0.15, 0.2) is 58.2 Å². The van der Waals surface area contributed by atoms with Crippen molar-refractivity contribution in [1.29, 1.82) is 5.26 Å². The molecular formula is C29H23F2N5O4S. The van der Waals surface area contributed by atoms with Gasteiger partial charge in [0.1, 0.15) is 41.6 Å². The van der Waals surface area contributed by atoms with E-state index in [0.29, 0.717) is 40.8 Å². The summed E-state index contributed by atoms with van der Waals surface area (Å²) >= 11 is 1.18. The van der Waals surface area contributed by atoms with E-state index in [0.717, 1.165) is 12.1 Å². The fraction of sp³-hybridized carbons (Fsp3) is 0.241. The molecule has 0 amide bonds. The quantitative estimate of drug-likeness (QED) is 0.185. The second-order valence-corrected chi connectivity index (χ2v) is 10.4. The number of pyridine rings is 1. The molecule has 12 heteroatoms. The van der Waals surface area contributed by atoms with E-state index >= 15 is 0 Å². The Morgan fingerprint density at radius 3 is 2.59 bits per heavy atom. The number of hydrogen-bond acceptors (Lipinski definition) is 9. The van der Waals surface area contributed by atoms with Crippen molar-refractivity contribution in [1.82, 2.24) is 9.97 Å². The summed E-state index contributed by atoms with van der Waals surface area (Å²) < 4.78 is 49.5. The Kier molecular flexibility index (Phi) is 7.90. The first kappa shape index (κ1) is 28.1. The van der Waals surface area contributed by atoms with Crippen molar-refractivity contribution in [3.63, 3.8) is 0 Å². The van der Waals surface area contributed by atoms with Crippen molar-refractivity contribution in [3.05, 3.63) is 83.0 Å². The third kappa shape index (κ3) is 6.15. The number of benzene rings is 2. The SMILES string of the molecule is [C-]#[N+]c1c(N)nc(SCc2coc(-c3ccc(F)c(F)c3)n2)c(C#N)c1-c1ccc(OC[C@@H]2COC(C)(C)O2)cc1. The summed E-state index contributed by atoms with van der Waals surface area (Å²) in [5, 5.41) is 10.4. The zero-order valence-electron chi connectivity index (χ0n) is 22.0. The molecular weight excluding hydrogens is 552 g/mol. The summed E-state index contributed by atoms with van der Waals surface area (Å²) in [5.74, 6) is -1.69. The van der Waals surface area contributed by atoms with Crippen LogP contribution >= 0.6 is 11.8 Å². The molecule has 1 fully saturated rings. The van der Waals surface area contributed by atoms with E-state index in [1.165, 1.54) is 24.1 Å². The minimum absolute atomic E-state index is 0.0135. The maximum atomic E-state index is 13.6. The molecule has 2 aromatic carbocycles. The van der Waals surface area contributed by atoms with Gasteiger partial charge in [-0.05, 0) is 49.7 Å². The van der Waals surface area contributed by atoms with E-state index < -0.39 is 17.4 Å². The highest BCUT2D eigenvalue weighted by atomic mass is 32.2. The number of nitrogen functional groups attached to an aromatic ring is 1. The highest BCUT2D eigenvalue weighted by Crippen LogP contribution is 2.42. The van der Waals surface area contributed by atoms with Crippen LogP contribution in [0.5, 0.6) is 5.75 Å². The van der Waals surface area contributed by atoms with E-state index in [4.69, 9.17) is 30.9 Å². The number of ether oxygens (including phenoxy) is 3. The molecule has 41 heavy (non-hydrogen) atoms. The highest BCUT2D eigenvalue weighted by molar-refractivity contribution is 7.98. The van der Waals surface area contributed by atoms with Crippen LogP contribution in [0.1, 0.15) is 25.1 Å². The molecule has 5 rings (SSSR count). The predicted octanol–water partition coefficient (Wildman–Crippen LogP) is 6.51. The van der Waals surface area contributed by atoms with Gasteiger partial charge in [0.15, 0.2) is 17.4 Å². The number of aromatic nitrogens is 2. The van der Waals surface area contributed by atoms with Gasteiger partial charge in [0.05, 0.1) is 24.4 Å². The van der Waals surface area contributed by atoms with Gasteiger partial charge in [0.2, 0.25) is 11.6 Å². The molecule has 1 aliphatic heterocycles. The lowest BCUT2D eigenvalue weighted by Crippen LogP contribution is -2.25. The smallest absolute Gasteiger partial charge is 0.236 e. The van der Waals surface area contributed by atoms with Gasteiger partial charge in [0.25, 0.3) is 0 Å². The largest absolute Gasteiger partial charge is 0.491 e. The van der Waals surface area contributed by atoms with Gasteiger partial charge >= 0.3 is 0 Å². The molecule has 0 bridgehead atoms. The molecule has 1 saturated heterocycles. The average molecular weight is 576 g/mol. The number of nitriles is 1. The molecule has 2 aromatic heterocycles. The summed E-state index contributed by atoms with van der Waals surface area (Å²) in [5.41, 5.74) is 8.12. The molecule has 0 spiro atoms. The van der Waals surface area contributed by atoms with E-state index in [2.05, 4.69) is 20.9 Å². The molecule has 4 aromatic rings. The van der Waals surface area contributed by atoms with E-state index in [1.54, 1.807) is 24.3 Å². The van der Waals surface area contributed by atoms with Crippen molar-refractivity contribution >= 4 is 23.3 Å². The van der Waals surface area contributed by atoms with Gasteiger partial charge in [0, 0.05) is 16.9 Å². The van der Waals surface area contributed by atoms with Crippen LogP contribution in [-0.4, -0.2) is 35.1 Å². The number of rotatable bonds is 8. The van der Waals surface area contributed by atoms with Crippen molar-refractivity contribution in [3.8, 4) is 34.4 Å². The van der Waals surface area contributed by atoms with Crippen LogP contribution in [0.25, 0.3) is 27.4 Å².